The second-order valence-electron chi connectivity index (χ2n) is 4.07. The Hall–Kier alpha value is -1.80. The van der Waals surface area contributed by atoms with Gasteiger partial charge in [0, 0.05) is 6.42 Å². The number of ketones is 1. The minimum Gasteiger partial charge on any atom is -0.390 e. The van der Waals surface area contributed by atoms with E-state index in [0.29, 0.717) is 6.20 Å². The van der Waals surface area contributed by atoms with Crippen LogP contribution in [-0.2, 0) is 9.53 Å². The lowest BCUT2D eigenvalue weighted by Crippen LogP contribution is -2.34. The molecule has 18 heavy (non-hydrogen) atoms. The van der Waals surface area contributed by atoms with Crippen LogP contribution >= 0.6 is 0 Å². The van der Waals surface area contributed by atoms with Crippen LogP contribution in [0.3, 0.4) is 0 Å². The Morgan fingerprint density at radius 1 is 1.61 bits per heavy atom. The van der Waals surface area contributed by atoms with Gasteiger partial charge >= 0.3 is 5.69 Å². The number of H-pyrrole nitrogens is 1. The first kappa shape index (κ1) is 12.7. The van der Waals surface area contributed by atoms with E-state index in [-0.39, 0.29) is 12.2 Å². The lowest BCUT2D eigenvalue weighted by atomic mass is 10.1. The second kappa shape index (κ2) is 4.46. The Kier molecular flexibility index (Phi) is 3.14. The molecule has 7 nitrogen and oxygen atoms in total. The Labute approximate surface area is 99.8 Å². The van der Waals surface area contributed by atoms with Gasteiger partial charge in [-0.25, -0.2) is 4.79 Å². The van der Waals surface area contributed by atoms with Crippen LogP contribution in [0.2, 0.25) is 0 Å². The largest absolute Gasteiger partial charge is 0.390 e. The van der Waals surface area contributed by atoms with E-state index in [1.807, 2.05) is 0 Å². The molecule has 1 aromatic heterocycles. The van der Waals surface area contributed by atoms with E-state index in [9.17, 15) is 23.9 Å². The molecule has 1 aliphatic rings. The van der Waals surface area contributed by atoms with Crippen molar-refractivity contribution in [3.05, 3.63) is 32.9 Å². The number of nitrogens with one attached hydrogen (secondary N) is 1. The lowest BCUT2D eigenvalue weighted by molar-refractivity contribution is -0.133. The molecule has 2 N–H and O–H groups in total. The highest BCUT2D eigenvalue weighted by atomic mass is 19.1. The Balaban J connectivity index is 2.35. The minimum absolute atomic E-state index is 0.0321. The number of aliphatic hydroxyl groups is 1. The van der Waals surface area contributed by atoms with Crippen LogP contribution < -0.4 is 11.2 Å². The first-order valence-electron chi connectivity index (χ1n) is 5.25. The van der Waals surface area contributed by atoms with Crippen LogP contribution in [0.25, 0.3) is 0 Å². The van der Waals surface area contributed by atoms with Crippen LogP contribution in [0.15, 0.2) is 15.8 Å². The standard InChI is InChI=1S/C10H11FN2O5/c1-4(14)8-6(15)2-7(18-8)13-3-5(11)9(16)12-10(13)17/h3,6-8,15H,2H2,1H3,(H,12,16,17). The number of aliphatic hydroxyl groups excluding tert-OH is 1. The van der Waals surface area contributed by atoms with Crippen molar-refractivity contribution in [2.45, 2.75) is 31.8 Å². The third-order valence-electron chi connectivity index (χ3n) is 2.73. The summed E-state index contributed by atoms with van der Waals surface area (Å²) in [5, 5.41) is 9.58. The van der Waals surface area contributed by atoms with Gasteiger partial charge in [0.2, 0.25) is 5.82 Å². The number of rotatable bonds is 2. The zero-order valence-corrected chi connectivity index (χ0v) is 9.42. The number of nitrogens with zero attached hydrogens (tertiary/aromatic N) is 1. The molecule has 0 amide bonds. The molecule has 3 atom stereocenters. The Morgan fingerprint density at radius 2 is 2.28 bits per heavy atom. The number of ether oxygens (including phenoxy) is 1. The molecule has 3 unspecified atom stereocenters. The SMILES string of the molecule is CC(=O)C1OC(n2cc(F)c(=O)[nH]c2=O)CC1O. The average Bonchev–Trinajstić information content (AvgIpc) is 2.65. The van der Waals surface area contributed by atoms with Crippen LogP contribution in [-0.4, -0.2) is 32.6 Å². The highest BCUT2D eigenvalue weighted by Gasteiger charge is 2.38. The van der Waals surface area contributed by atoms with Crippen molar-refractivity contribution in [2.75, 3.05) is 0 Å². The summed E-state index contributed by atoms with van der Waals surface area (Å²) in [6.45, 7) is 1.24. The summed E-state index contributed by atoms with van der Waals surface area (Å²) in [5.74, 6) is -1.53. The molecule has 1 fully saturated rings. The van der Waals surface area contributed by atoms with Gasteiger partial charge in [0.05, 0.1) is 12.3 Å². The summed E-state index contributed by atoms with van der Waals surface area (Å²) in [4.78, 5) is 35.2. The summed E-state index contributed by atoms with van der Waals surface area (Å²) in [6, 6.07) is 0. The molecule has 0 saturated carbocycles. The zero-order valence-electron chi connectivity index (χ0n) is 9.42. The fourth-order valence-corrected chi connectivity index (χ4v) is 1.87. The third kappa shape index (κ3) is 2.12. The van der Waals surface area contributed by atoms with E-state index in [0.717, 1.165) is 4.57 Å². The van der Waals surface area contributed by atoms with Crippen LogP contribution in [0.1, 0.15) is 19.6 Å². The number of aromatic nitrogens is 2. The van der Waals surface area contributed by atoms with E-state index in [1.165, 1.54) is 6.92 Å². The smallest absolute Gasteiger partial charge is 0.330 e. The number of carbonyl (C=O) groups is 1. The van der Waals surface area contributed by atoms with Gasteiger partial charge in [-0.1, -0.05) is 0 Å². The maximum atomic E-state index is 13.1. The number of aromatic amines is 1. The van der Waals surface area contributed by atoms with E-state index < -0.39 is 35.5 Å². The predicted octanol–water partition coefficient (Wildman–Crippen LogP) is -1.09. The van der Waals surface area contributed by atoms with Crippen molar-refractivity contribution >= 4 is 5.78 Å². The first-order chi connectivity index (χ1) is 8.40. The van der Waals surface area contributed by atoms with Crippen LogP contribution in [0.4, 0.5) is 4.39 Å². The Bertz CT molecular complexity index is 593. The van der Waals surface area contributed by atoms with Gasteiger partial charge in [-0.05, 0) is 6.92 Å². The quantitative estimate of drug-likeness (QED) is 0.702. The van der Waals surface area contributed by atoms with Gasteiger partial charge in [-0.15, -0.1) is 0 Å². The normalized spacial score (nSPS) is 27.4. The summed E-state index contributed by atoms with van der Waals surface area (Å²) in [5.41, 5.74) is -1.99. The molecule has 1 aromatic rings. The molecule has 1 saturated heterocycles. The number of hydrogen-bond donors (Lipinski definition) is 2. The summed E-state index contributed by atoms with van der Waals surface area (Å²) < 4.78 is 19.1. The monoisotopic (exact) mass is 258 g/mol. The van der Waals surface area contributed by atoms with E-state index >= 15 is 0 Å². The molecule has 0 bridgehead atoms. The maximum Gasteiger partial charge on any atom is 0.330 e. The van der Waals surface area contributed by atoms with Crippen molar-refractivity contribution in [2.24, 2.45) is 0 Å². The van der Waals surface area contributed by atoms with E-state index in [1.54, 1.807) is 4.98 Å². The molecule has 1 aliphatic heterocycles. The lowest BCUT2D eigenvalue weighted by Gasteiger charge is -2.13. The fraction of sp³-hybridized carbons (Fsp3) is 0.500. The summed E-state index contributed by atoms with van der Waals surface area (Å²) in [6.07, 6.45) is -2.42. The molecular weight excluding hydrogens is 247 g/mol. The van der Waals surface area contributed by atoms with Crippen molar-refractivity contribution in [3.8, 4) is 0 Å². The second-order valence-corrected chi connectivity index (χ2v) is 4.07. The van der Waals surface area contributed by atoms with Gasteiger partial charge in [0.1, 0.15) is 12.3 Å². The van der Waals surface area contributed by atoms with Crippen LogP contribution in [0.5, 0.6) is 0 Å². The fourth-order valence-electron chi connectivity index (χ4n) is 1.87. The molecule has 2 heterocycles. The molecule has 0 radical (unpaired) electrons. The molecule has 0 aliphatic carbocycles. The molecule has 2 rings (SSSR count). The molecule has 0 spiro atoms. The summed E-state index contributed by atoms with van der Waals surface area (Å²) in [7, 11) is 0. The summed E-state index contributed by atoms with van der Waals surface area (Å²) >= 11 is 0. The number of Topliss-reactive ketones (excluding diaryl/α,β-unsaturated/α-hetero) is 1. The van der Waals surface area contributed by atoms with Gasteiger partial charge in [-0.2, -0.15) is 4.39 Å². The van der Waals surface area contributed by atoms with E-state index in [2.05, 4.69) is 0 Å². The van der Waals surface area contributed by atoms with Crippen molar-refractivity contribution in [3.63, 3.8) is 0 Å². The highest BCUT2D eigenvalue weighted by molar-refractivity contribution is 5.81. The number of carbonyl (C=O) groups excluding carboxylic acids is 1. The van der Waals surface area contributed by atoms with Crippen LogP contribution in [0, 0.1) is 5.82 Å². The maximum absolute atomic E-state index is 13.1. The third-order valence-corrected chi connectivity index (χ3v) is 2.73. The number of hydrogen-bond acceptors (Lipinski definition) is 5. The predicted molar refractivity (Wildman–Crippen MR) is 56.5 cm³/mol. The molecule has 8 heteroatoms. The first-order valence-corrected chi connectivity index (χ1v) is 5.25. The average molecular weight is 258 g/mol. The minimum atomic E-state index is -1.14. The van der Waals surface area contributed by atoms with Gasteiger partial charge < -0.3 is 9.84 Å². The molecule has 0 aromatic carbocycles. The zero-order chi connectivity index (χ0) is 13.4. The van der Waals surface area contributed by atoms with Gasteiger partial charge in [0.25, 0.3) is 5.56 Å². The van der Waals surface area contributed by atoms with Gasteiger partial charge in [0.15, 0.2) is 5.78 Å². The van der Waals surface area contributed by atoms with Crippen molar-refractivity contribution < 1.29 is 19.0 Å². The highest BCUT2D eigenvalue weighted by Crippen LogP contribution is 2.27. The Morgan fingerprint density at radius 3 is 2.83 bits per heavy atom. The van der Waals surface area contributed by atoms with Crippen molar-refractivity contribution in [1.82, 2.24) is 9.55 Å². The molecular formula is C10H11FN2O5. The van der Waals surface area contributed by atoms with E-state index in [4.69, 9.17) is 4.74 Å². The van der Waals surface area contributed by atoms with Gasteiger partial charge in [-0.3, -0.25) is 19.1 Å². The van der Waals surface area contributed by atoms with Crippen molar-refractivity contribution in [1.29, 1.82) is 0 Å². The number of halogens is 1. The molecule has 98 valence electrons. The topological polar surface area (TPSA) is 101 Å².